The Bertz CT molecular complexity index is 379. The summed E-state index contributed by atoms with van der Waals surface area (Å²) in [5.74, 6) is -0.150. The highest BCUT2D eigenvalue weighted by atomic mass is 79.9. The summed E-state index contributed by atoms with van der Waals surface area (Å²) in [4.78, 5) is 11.8. The summed E-state index contributed by atoms with van der Waals surface area (Å²) in [6, 6.07) is 1.75. The first-order chi connectivity index (χ1) is 8.04. The van der Waals surface area contributed by atoms with Gasteiger partial charge in [-0.3, -0.25) is 4.79 Å². The molecule has 1 unspecified atom stereocenters. The first-order valence-corrected chi connectivity index (χ1v) is 6.11. The van der Waals surface area contributed by atoms with Crippen molar-refractivity contribution in [3.05, 3.63) is 22.4 Å². The quantitative estimate of drug-likeness (QED) is 0.821. The minimum Gasteiger partial charge on any atom is -0.391 e. The number of nitrogens with zero attached hydrogens (tertiary/aromatic N) is 1. The van der Waals surface area contributed by atoms with Crippen LogP contribution in [0.1, 0.15) is 16.9 Å². The van der Waals surface area contributed by atoms with Crippen LogP contribution in [0.5, 0.6) is 0 Å². The van der Waals surface area contributed by atoms with Gasteiger partial charge in [-0.1, -0.05) is 0 Å². The van der Waals surface area contributed by atoms with E-state index in [1.807, 2.05) is 6.20 Å². The van der Waals surface area contributed by atoms with E-state index in [0.29, 0.717) is 18.7 Å². The van der Waals surface area contributed by atoms with Crippen LogP contribution in [0.2, 0.25) is 0 Å². The van der Waals surface area contributed by atoms with Gasteiger partial charge in [0.1, 0.15) is 5.69 Å². The van der Waals surface area contributed by atoms with Crippen molar-refractivity contribution in [1.82, 2.24) is 9.88 Å². The van der Waals surface area contributed by atoms with E-state index >= 15 is 0 Å². The number of hydrogen-bond acceptors (Lipinski definition) is 3. The molecule has 0 saturated carbocycles. The number of halogens is 1. The number of rotatable bonds is 6. The van der Waals surface area contributed by atoms with Gasteiger partial charge in [-0.25, -0.2) is 0 Å². The summed E-state index contributed by atoms with van der Waals surface area (Å²) in [6.07, 6.45) is 1.75. The highest BCUT2D eigenvalue weighted by Crippen LogP contribution is 2.13. The summed E-state index contributed by atoms with van der Waals surface area (Å²) in [5.41, 5.74) is 0.582. The molecular weight excluding hydrogens is 288 g/mol. The van der Waals surface area contributed by atoms with Gasteiger partial charge < -0.3 is 19.7 Å². The molecule has 17 heavy (non-hydrogen) atoms. The molecule has 0 aliphatic carbocycles. The van der Waals surface area contributed by atoms with Crippen LogP contribution in [-0.4, -0.2) is 41.9 Å². The maximum absolute atomic E-state index is 11.8. The third-order valence-corrected chi connectivity index (χ3v) is 2.76. The minimum atomic E-state index is -0.541. The Morgan fingerprint density at radius 2 is 2.41 bits per heavy atom. The fourth-order valence-electron chi connectivity index (χ4n) is 1.47. The molecule has 0 radical (unpaired) electrons. The molecule has 0 spiro atoms. The lowest BCUT2D eigenvalue weighted by Gasteiger charge is -2.10. The number of methoxy groups -OCH3 is 1. The van der Waals surface area contributed by atoms with Crippen molar-refractivity contribution in [1.29, 1.82) is 0 Å². The number of carbonyl (C=O) groups is 1. The molecule has 0 aliphatic heterocycles. The van der Waals surface area contributed by atoms with Crippen molar-refractivity contribution in [2.75, 3.05) is 20.3 Å². The lowest BCUT2D eigenvalue weighted by Crippen LogP contribution is -2.29. The number of nitrogens with one attached hydrogen (secondary N) is 1. The molecule has 5 nitrogen and oxygen atoms in total. The van der Waals surface area contributed by atoms with Crippen LogP contribution in [-0.2, 0) is 11.8 Å². The normalized spacial score (nSPS) is 12.5. The first-order valence-electron chi connectivity index (χ1n) is 5.31. The highest BCUT2D eigenvalue weighted by molar-refractivity contribution is 9.10. The van der Waals surface area contributed by atoms with E-state index in [4.69, 9.17) is 4.74 Å². The summed E-state index contributed by atoms with van der Waals surface area (Å²) in [6.45, 7) is 0.706. The molecule has 0 aliphatic rings. The standard InChI is InChI=1S/C11H17BrN2O3/c1-14-6-8(12)5-10(14)11(16)13-4-3-9(15)7-17-2/h5-6,9,15H,3-4,7H2,1-2H3,(H,13,16). The van der Waals surface area contributed by atoms with Gasteiger partial charge in [0.15, 0.2) is 0 Å². The van der Waals surface area contributed by atoms with E-state index in [-0.39, 0.29) is 12.5 Å². The number of carbonyl (C=O) groups excluding carboxylic acids is 1. The number of aryl methyl sites for hydroxylation is 1. The Kier molecular flexibility index (Phi) is 5.67. The molecule has 1 aromatic rings. The molecule has 0 bridgehead atoms. The summed E-state index contributed by atoms with van der Waals surface area (Å²) in [7, 11) is 3.34. The average Bonchev–Trinajstić information content (AvgIpc) is 2.58. The Hall–Kier alpha value is -0.850. The number of hydrogen-bond donors (Lipinski definition) is 2. The highest BCUT2D eigenvalue weighted by Gasteiger charge is 2.11. The van der Waals surface area contributed by atoms with Crippen LogP contribution in [0, 0.1) is 0 Å². The Labute approximate surface area is 109 Å². The van der Waals surface area contributed by atoms with Gasteiger partial charge in [0.2, 0.25) is 0 Å². The van der Waals surface area contributed by atoms with E-state index < -0.39 is 6.10 Å². The second-order valence-corrected chi connectivity index (χ2v) is 4.72. The van der Waals surface area contributed by atoms with E-state index in [2.05, 4.69) is 21.2 Å². The van der Waals surface area contributed by atoms with Gasteiger partial charge in [-0.2, -0.15) is 0 Å². The summed E-state index contributed by atoms with van der Waals surface area (Å²) < 4.78 is 7.40. The Morgan fingerprint density at radius 3 is 2.94 bits per heavy atom. The van der Waals surface area contributed by atoms with Crippen molar-refractivity contribution >= 4 is 21.8 Å². The molecule has 1 atom stereocenters. The molecular formula is C11H17BrN2O3. The van der Waals surface area contributed by atoms with Crippen LogP contribution >= 0.6 is 15.9 Å². The Balaban J connectivity index is 2.37. The molecule has 1 rings (SSSR count). The molecule has 0 aromatic carbocycles. The zero-order valence-corrected chi connectivity index (χ0v) is 11.5. The predicted molar refractivity (Wildman–Crippen MR) is 67.9 cm³/mol. The van der Waals surface area contributed by atoms with E-state index in [9.17, 15) is 9.90 Å². The topological polar surface area (TPSA) is 63.5 Å². The molecule has 0 fully saturated rings. The third kappa shape index (κ3) is 4.49. The van der Waals surface area contributed by atoms with Crippen molar-refractivity contribution in [3.63, 3.8) is 0 Å². The molecule has 1 amide bonds. The maximum atomic E-state index is 11.8. The summed E-state index contributed by atoms with van der Waals surface area (Å²) in [5, 5.41) is 12.1. The number of aliphatic hydroxyl groups excluding tert-OH is 1. The molecule has 2 N–H and O–H groups in total. The average molecular weight is 305 g/mol. The largest absolute Gasteiger partial charge is 0.391 e. The lowest BCUT2D eigenvalue weighted by atomic mass is 10.2. The number of aromatic nitrogens is 1. The van der Waals surface area contributed by atoms with Crippen molar-refractivity contribution in [2.24, 2.45) is 7.05 Å². The van der Waals surface area contributed by atoms with Crippen molar-refractivity contribution in [3.8, 4) is 0 Å². The minimum absolute atomic E-state index is 0.150. The lowest BCUT2D eigenvalue weighted by molar-refractivity contribution is 0.0587. The molecule has 0 saturated heterocycles. The fraction of sp³-hybridized carbons (Fsp3) is 0.545. The van der Waals surface area contributed by atoms with Gasteiger partial charge in [0, 0.05) is 31.4 Å². The molecule has 96 valence electrons. The Morgan fingerprint density at radius 1 is 1.71 bits per heavy atom. The number of amides is 1. The second kappa shape index (κ2) is 6.78. The molecule has 1 aromatic heterocycles. The third-order valence-electron chi connectivity index (χ3n) is 2.33. The SMILES string of the molecule is COCC(O)CCNC(=O)c1cc(Br)cn1C. The van der Waals surface area contributed by atoms with Gasteiger partial charge in [-0.15, -0.1) is 0 Å². The van der Waals surface area contributed by atoms with E-state index in [1.54, 1.807) is 17.7 Å². The maximum Gasteiger partial charge on any atom is 0.267 e. The second-order valence-electron chi connectivity index (χ2n) is 3.81. The van der Waals surface area contributed by atoms with Crippen LogP contribution < -0.4 is 5.32 Å². The number of aliphatic hydroxyl groups is 1. The van der Waals surface area contributed by atoms with Gasteiger partial charge in [0.05, 0.1) is 12.7 Å². The smallest absolute Gasteiger partial charge is 0.267 e. The van der Waals surface area contributed by atoms with Crippen molar-refractivity contribution < 1.29 is 14.6 Å². The zero-order chi connectivity index (χ0) is 12.8. The first kappa shape index (κ1) is 14.2. The predicted octanol–water partition coefficient (Wildman–Crippen LogP) is 0.915. The van der Waals surface area contributed by atoms with Crippen LogP contribution in [0.4, 0.5) is 0 Å². The van der Waals surface area contributed by atoms with Gasteiger partial charge >= 0.3 is 0 Å². The van der Waals surface area contributed by atoms with Crippen LogP contribution in [0.3, 0.4) is 0 Å². The van der Waals surface area contributed by atoms with Gasteiger partial charge in [0.25, 0.3) is 5.91 Å². The summed E-state index contributed by atoms with van der Waals surface area (Å²) >= 11 is 3.31. The van der Waals surface area contributed by atoms with Gasteiger partial charge in [-0.05, 0) is 28.4 Å². The van der Waals surface area contributed by atoms with E-state index in [1.165, 1.54) is 7.11 Å². The van der Waals surface area contributed by atoms with Crippen molar-refractivity contribution in [2.45, 2.75) is 12.5 Å². The zero-order valence-electron chi connectivity index (χ0n) is 9.94. The number of ether oxygens (including phenoxy) is 1. The monoisotopic (exact) mass is 304 g/mol. The molecule has 6 heteroatoms. The van der Waals surface area contributed by atoms with E-state index in [0.717, 1.165) is 4.47 Å². The van der Waals surface area contributed by atoms with Crippen LogP contribution in [0.15, 0.2) is 16.7 Å². The molecule has 1 heterocycles. The fourth-order valence-corrected chi connectivity index (χ4v) is 1.99. The van der Waals surface area contributed by atoms with Crippen LogP contribution in [0.25, 0.3) is 0 Å².